The summed E-state index contributed by atoms with van der Waals surface area (Å²) in [6, 6.07) is 11.9. The molecule has 2 rings (SSSR count). The van der Waals surface area contributed by atoms with Crippen LogP contribution in [0.4, 0.5) is 0 Å². The van der Waals surface area contributed by atoms with Gasteiger partial charge in [0.25, 0.3) is 0 Å². The van der Waals surface area contributed by atoms with Crippen molar-refractivity contribution in [2.75, 3.05) is 0 Å². The molecule has 3 N–H and O–H groups in total. The van der Waals surface area contributed by atoms with Gasteiger partial charge in [0.15, 0.2) is 0 Å². The Kier molecular flexibility index (Phi) is 3.99. The van der Waals surface area contributed by atoms with Gasteiger partial charge in [-0.15, -0.1) is 11.8 Å². The summed E-state index contributed by atoms with van der Waals surface area (Å²) in [6.07, 6.45) is 1.73. The topological polar surface area (TPSA) is 62.8 Å². The maximum atomic E-state index is 7.53. The van der Waals surface area contributed by atoms with E-state index in [4.69, 9.17) is 11.1 Å². The third-order valence-corrected chi connectivity index (χ3v) is 3.74. The number of rotatable bonds is 4. The molecular formula is C14H15N3S. The first-order chi connectivity index (χ1) is 8.68. The molecule has 0 aliphatic heterocycles. The average Bonchev–Trinajstić information content (AvgIpc) is 2.38. The lowest BCUT2D eigenvalue weighted by Crippen LogP contribution is -2.12. The second-order valence-electron chi connectivity index (χ2n) is 3.98. The largest absolute Gasteiger partial charge is 0.384 e. The maximum absolute atomic E-state index is 7.53. The van der Waals surface area contributed by atoms with E-state index >= 15 is 0 Å². The SMILES string of the molecule is Cc1ccccc1CSc1ncccc1C(=N)N. The van der Waals surface area contributed by atoms with Crippen molar-refractivity contribution < 1.29 is 0 Å². The highest BCUT2D eigenvalue weighted by molar-refractivity contribution is 7.98. The monoisotopic (exact) mass is 257 g/mol. The van der Waals surface area contributed by atoms with Crippen molar-refractivity contribution in [3.63, 3.8) is 0 Å². The van der Waals surface area contributed by atoms with Gasteiger partial charge in [-0.3, -0.25) is 5.41 Å². The van der Waals surface area contributed by atoms with Crippen molar-refractivity contribution in [2.45, 2.75) is 17.7 Å². The Bertz CT molecular complexity index is 566. The maximum Gasteiger partial charge on any atom is 0.125 e. The summed E-state index contributed by atoms with van der Waals surface area (Å²) < 4.78 is 0. The van der Waals surface area contributed by atoms with E-state index in [0.29, 0.717) is 5.56 Å². The lowest BCUT2D eigenvalue weighted by Gasteiger charge is -2.08. The van der Waals surface area contributed by atoms with Crippen LogP contribution in [-0.4, -0.2) is 10.8 Å². The summed E-state index contributed by atoms with van der Waals surface area (Å²) in [6.45, 7) is 2.10. The molecule has 4 heteroatoms. The number of nitrogens with two attached hydrogens (primary N) is 1. The normalized spacial score (nSPS) is 10.3. The van der Waals surface area contributed by atoms with E-state index in [9.17, 15) is 0 Å². The third-order valence-electron chi connectivity index (χ3n) is 2.69. The van der Waals surface area contributed by atoms with Crippen LogP contribution in [0.2, 0.25) is 0 Å². The quantitative estimate of drug-likeness (QED) is 0.503. The first-order valence-electron chi connectivity index (χ1n) is 5.65. The Labute approximate surface area is 111 Å². The molecule has 0 radical (unpaired) electrons. The molecule has 3 nitrogen and oxygen atoms in total. The van der Waals surface area contributed by atoms with Gasteiger partial charge in [0, 0.05) is 17.5 Å². The van der Waals surface area contributed by atoms with Crippen molar-refractivity contribution in [3.05, 3.63) is 59.3 Å². The van der Waals surface area contributed by atoms with Crippen molar-refractivity contribution in [1.82, 2.24) is 4.98 Å². The molecule has 0 aliphatic carbocycles. The summed E-state index contributed by atoms with van der Waals surface area (Å²) in [5.41, 5.74) is 8.80. The number of nitrogen functional groups attached to an aromatic ring is 1. The number of hydrogen-bond acceptors (Lipinski definition) is 3. The Morgan fingerprint density at radius 3 is 2.78 bits per heavy atom. The van der Waals surface area contributed by atoms with Gasteiger partial charge in [-0.05, 0) is 30.2 Å². The number of benzene rings is 1. The first kappa shape index (κ1) is 12.6. The fourth-order valence-electron chi connectivity index (χ4n) is 1.63. The number of thioether (sulfide) groups is 1. The molecule has 0 aliphatic rings. The summed E-state index contributed by atoms with van der Waals surface area (Å²) in [7, 11) is 0. The fraction of sp³-hybridized carbons (Fsp3) is 0.143. The van der Waals surface area contributed by atoms with Gasteiger partial charge < -0.3 is 5.73 Å². The number of nitrogens with one attached hydrogen (secondary N) is 1. The molecular weight excluding hydrogens is 242 g/mol. The van der Waals surface area contributed by atoms with Crippen LogP contribution in [-0.2, 0) is 5.75 Å². The molecule has 0 amide bonds. The van der Waals surface area contributed by atoms with Crippen molar-refractivity contribution in [3.8, 4) is 0 Å². The van der Waals surface area contributed by atoms with E-state index in [0.717, 1.165) is 10.8 Å². The van der Waals surface area contributed by atoms with Gasteiger partial charge in [-0.1, -0.05) is 24.3 Å². The van der Waals surface area contributed by atoms with Crippen molar-refractivity contribution in [2.24, 2.45) is 5.73 Å². The summed E-state index contributed by atoms with van der Waals surface area (Å²) >= 11 is 1.61. The summed E-state index contributed by atoms with van der Waals surface area (Å²) in [5, 5.41) is 8.34. The molecule has 0 spiro atoms. The molecule has 0 fully saturated rings. The lowest BCUT2D eigenvalue weighted by molar-refractivity contribution is 1.11. The molecule has 0 bridgehead atoms. The van der Waals surface area contributed by atoms with Gasteiger partial charge in [0.2, 0.25) is 0 Å². The molecule has 92 valence electrons. The van der Waals surface area contributed by atoms with E-state index in [1.165, 1.54) is 11.1 Å². The minimum Gasteiger partial charge on any atom is -0.384 e. The third kappa shape index (κ3) is 2.90. The van der Waals surface area contributed by atoms with Crippen LogP contribution in [0.25, 0.3) is 0 Å². The van der Waals surface area contributed by atoms with Crippen LogP contribution >= 0.6 is 11.8 Å². The van der Waals surface area contributed by atoms with E-state index in [-0.39, 0.29) is 5.84 Å². The molecule has 2 aromatic rings. The first-order valence-corrected chi connectivity index (χ1v) is 6.64. The Morgan fingerprint density at radius 1 is 1.28 bits per heavy atom. The van der Waals surface area contributed by atoms with Gasteiger partial charge in [0.05, 0.1) is 0 Å². The highest BCUT2D eigenvalue weighted by Gasteiger charge is 2.07. The van der Waals surface area contributed by atoms with Crippen LogP contribution < -0.4 is 5.73 Å². The molecule has 18 heavy (non-hydrogen) atoms. The molecule has 0 unspecified atom stereocenters. The molecule has 1 aromatic carbocycles. The van der Waals surface area contributed by atoms with Crippen molar-refractivity contribution >= 4 is 17.6 Å². The molecule has 0 saturated heterocycles. The highest BCUT2D eigenvalue weighted by Crippen LogP contribution is 2.25. The van der Waals surface area contributed by atoms with Crippen LogP contribution in [0.3, 0.4) is 0 Å². The number of pyridine rings is 1. The zero-order valence-corrected chi connectivity index (χ0v) is 11.0. The zero-order valence-electron chi connectivity index (χ0n) is 10.2. The van der Waals surface area contributed by atoms with Crippen LogP contribution in [0.15, 0.2) is 47.6 Å². The predicted octanol–water partition coefficient (Wildman–Crippen LogP) is 2.97. The molecule has 1 aromatic heterocycles. The minimum absolute atomic E-state index is 0.0652. The summed E-state index contributed by atoms with van der Waals surface area (Å²) in [4.78, 5) is 4.29. The lowest BCUT2D eigenvalue weighted by atomic mass is 10.1. The Hall–Kier alpha value is -1.81. The van der Waals surface area contributed by atoms with Crippen LogP contribution in [0.5, 0.6) is 0 Å². The fourth-order valence-corrected chi connectivity index (χ4v) is 2.71. The van der Waals surface area contributed by atoms with Gasteiger partial charge >= 0.3 is 0 Å². The number of aromatic nitrogens is 1. The number of nitrogens with zero attached hydrogens (tertiary/aromatic N) is 1. The van der Waals surface area contributed by atoms with Crippen LogP contribution in [0.1, 0.15) is 16.7 Å². The number of hydrogen-bond donors (Lipinski definition) is 2. The van der Waals surface area contributed by atoms with E-state index < -0.39 is 0 Å². The Balaban J connectivity index is 2.16. The Morgan fingerprint density at radius 2 is 2.06 bits per heavy atom. The van der Waals surface area contributed by atoms with Gasteiger partial charge in [0.1, 0.15) is 10.9 Å². The van der Waals surface area contributed by atoms with Crippen LogP contribution in [0, 0.1) is 12.3 Å². The van der Waals surface area contributed by atoms with Gasteiger partial charge in [-0.25, -0.2) is 4.98 Å². The second kappa shape index (κ2) is 5.69. The highest BCUT2D eigenvalue weighted by atomic mass is 32.2. The zero-order chi connectivity index (χ0) is 13.0. The number of aryl methyl sites for hydroxylation is 1. The van der Waals surface area contributed by atoms with Gasteiger partial charge in [-0.2, -0.15) is 0 Å². The predicted molar refractivity (Wildman–Crippen MR) is 76.0 cm³/mol. The smallest absolute Gasteiger partial charge is 0.125 e. The summed E-state index contributed by atoms with van der Waals surface area (Å²) in [5.74, 6) is 0.902. The minimum atomic E-state index is 0.0652. The second-order valence-corrected chi connectivity index (χ2v) is 4.95. The van der Waals surface area contributed by atoms with E-state index in [1.54, 1.807) is 24.0 Å². The van der Waals surface area contributed by atoms with E-state index in [2.05, 4.69) is 24.0 Å². The van der Waals surface area contributed by atoms with Crippen molar-refractivity contribution in [1.29, 1.82) is 5.41 Å². The standard InChI is InChI=1S/C14H15N3S/c1-10-5-2-3-6-11(10)9-18-14-12(13(15)16)7-4-8-17-14/h2-8H,9H2,1H3,(H3,15,16). The molecule has 0 saturated carbocycles. The average molecular weight is 257 g/mol. The molecule has 0 atom stereocenters. The van der Waals surface area contributed by atoms with E-state index in [1.807, 2.05) is 18.2 Å². The molecule has 1 heterocycles. The number of amidine groups is 1.